The number of nitrogens with one attached hydrogen (secondary N) is 1. The topological polar surface area (TPSA) is 85.9 Å². The molecule has 6 nitrogen and oxygen atoms in total. The molecular formula is C10H11N3O3. The number of hydrogen-bond donors (Lipinski definition) is 1. The lowest BCUT2D eigenvalue weighted by Gasteiger charge is -1.95. The lowest BCUT2D eigenvalue weighted by molar-refractivity contribution is -0.687. The number of rotatable bonds is 2. The molecule has 0 saturated carbocycles. The fourth-order valence-electron chi connectivity index (χ4n) is 1.21. The molecule has 1 aromatic carbocycles. The highest BCUT2D eigenvalue weighted by Crippen LogP contribution is 1.96. The molecule has 0 amide bonds. The Kier molecular flexibility index (Phi) is 4.52. The Morgan fingerprint density at radius 3 is 2.38 bits per heavy atom. The summed E-state index contributed by atoms with van der Waals surface area (Å²) in [5.41, 5.74) is 1.32. The number of hydrogen-bond acceptors (Lipinski definition) is 3. The van der Waals surface area contributed by atoms with Crippen LogP contribution in [-0.2, 0) is 6.54 Å². The molecule has 0 aliphatic carbocycles. The van der Waals surface area contributed by atoms with Crippen LogP contribution in [0.4, 0.5) is 0 Å². The van der Waals surface area contributed by atoms with Gasteiger partial charge in [0.05, 0.1) is 5.09 Å². The van der Waals surface area contributed by atoms with Gasteiger partial charge in [-0.15, -0.1) is 0 Å². The van der Waals surface area contributed by atoms with Crippen molar-refractivity contribution in [3.05, 3.63) is 69.9 Å². The van der Waals surface area contributed by atoms with E-state index >= 15 is 0 Å². The Balaban J connectivity index is 0.000000280. The third-order valence-electron chi connectivity index (χ3n) is 1.81. The van der Waals surface area contributed by atoms with E-state index in [1.54, 1.807) is 0 Å². The molecule has 84 valence electrons. The van der Waals surface area contributed by atoms with Gasteiger partial charge < -0.3 is 15.3 Å². The van der Waals surface area contributed by atoms with Crippen LogP contribution < -0.4 is 4.57 Å². The van der Waals surface area contributed by atoms with Crippen LogP contribution in [0.15, 0.2) is 49.1 Å². The summed E-state index contributed by atoms with van der Waals surface area (Å²) in [4.78, 5) is 11.3. The van der Waals surface area contributed by atoms with Crippen LogP contribution in [0.25, 0.3) is 0 Å². The summed E-state index contributed by atoms with van der Waals surface area (Å²) in [7, 11) is 0. The van der Waals surface area contributed by atoms with Gasteiger partial charge in [0.15, 0.2) is 0 Å². The molecule has 1 aromatic heterocycles. The van der Waals surface area contributed by atoms with Crippen molar-refractivity contribution in [3.8, 4) is 0 Å². The predicted molar refractivity (Wildman–Crippen MR) is 56.9 cm³/mol. The first kappa shape index (κ1) is 11.7. The van der Waals surface area contributed by atoms with Crippen molar-refractivity contribution >= 4 is 0 Å². The summed E-state index contributed by atoms with van der Waals surface area (Å²) in [6, 6.07) is 10.4. The second-order valence-corrected chi connectivity index (χ2v) is 2.99. The molecule has 0 unspecified atom stereocenters. The second kappa shape index (κ2) is 6.18. The Labute approximate surface area is 91.9 Å². The zero-order valence-corrected chi connectivity index (χ0v) is 8.45. The first-order chi connectivity index (χ1) is 7.68. The fraction of sp³-hybridized carbons (Fsp3) is 0.100. The van der Waals surface area contributed by atoms with Crippen molar-refractivity contribution in [1.82, 2.24) is 4.98 Å². The minimum atomic E-state index is -1.75. The van der Waals surface area contributed by atoms with Gasteiger partial charge >= 0.3 is 0 Å². The SMILES string of the molecule is O=[N+]([O-])[O-].c1ccc(C[n+]2cc[nH]c2)cc1. The third kappa shape index (κ3) is 4.75. The van der Waals surface area contributed by atoms with Crippen LogP contribution in [0.1, 0.15) is 5.56 Å². The molecule has 0 aliphatic rings. The number of H-pyrrole nitrogens is 1. The number of benzene rings is 1. The first-order valence-corrected chi connectivity index (χ1v) is 4.56. The highest BCUT2D eigenvalue weighted by Gasteiger charge is 1.96. The summed E-state index contributed by atoms with van der Waals surface area (Å²) in [5.74, 6) is 0. The van der Waals surface area contributed by atoms with Gasteiger partial charge in [-0.2, -0.15) is 0 Å². The van der Waals surface area contributed by atoms with Crippen molar-refractivity contribution in [2.45, 2.75) is 6.54 Å². The van der Waals surface area contributed by atoms with Crippen LogP contribution in [-0.4, -0.2) is 10.1 Å². The molecule has 0 bridgehead atoms. The van der Waals surface area contributed by atoms with Gasteiger partial charge in [0.2, 0.25) is 6.33 Å². The molecule has 0 atom stereocenters. The zero-order valence-electron chi connectivity index (χ0n) is 8.45. The first-order valence-electron chi connectivity index (χ1n) is 4.56. The van der Waals surface area contributed by atoms with Crippen molar-refractivity contribution in [1.29, 1.82) is 0 Å². The maximum atomic E-state index is 8.25. The summed E-state index contributed by atoms with van der Waals surface area (Å²) < 4.78 is 2.11. The van der Waals surface area contributed by atoms with E-state index in [0.717, 1.165) is 6.54 Å². The van der Waals surface area contributed by atoms with Crippen LogP contribution >= 0.6 is 0 Å². The van der Waals surface area contributed by atoms with E-state index in [4.69, 9.17) is 15.3 Å². The fourth-order valence-corrected chi connectivity index (χ4v) is 1.21. The molecule has 0 radical (unpaired) electrons. The normalized spacial score (nSPS) is 9.00. The van der Waals surface area contributed by atoms with E-state index in [1.807, 2.05) is 24.8 Å². The predicted octanol–water partition coefficient (Wildman–Crippen LogP) is 1.11. The van der Waals surface area contributed by atoms with E-state index in [2.05, 4.69) is 33.8 Å². The van der Waals surface area contributed by atoms with E-state index < -0.39 is 5.09 Å². The van der Waals surface area contributed by atoms with Gasteiger partial charge in [-0.1, -0.05) is 30.3 Å². The molecule has 0 fully saturated rings. The van der Waals surface area contributed by atoms with Gasteiger partial charge in [0.1, 0.15) is 18.9 Å². The Bertz CT molecular complexity index is 410. The van der Waals surface area contributed by atoms with Crippen molar-refractivity contribution in [2.24, 2.45) is 0 Å². The highest BCUT2D eigenvalue weighted by atomic mass is 16.9. The number of imidazole rings is 1. The molecular weight excluding hydrogens is 210 g/mol. The van der Waals surface area contributed by atoms with Crippen molar-refractivity contribution in [2.75, 3.05) is 0 Å². The molecule has 0 saturated heterocycles. The van der Waals surface area contributed by atoms with Gasteiger partial charge in [0, 0.05) is 0 Å². The number of nitrogens with zero attached hydrogens (tertiary/aromatic N) is 2. The summed E-state index contributed by atoms with van der Waals surface area (Å²) in [5, 5.41) is 14.8. The van der Waals surface area contributed by atoms with Gasteiger partial charge in [0.25, 0.3) is 0 Å². The average molecular weight is 221 g/mol. The smallest absolute Gasteiger partial charge is 0.241 e. The highest BCUT2D eigenvalue weighted by molar-refractivity contribution is 5.13. The molecule has 2 aromatic rings. The zero-order chi connectivity index (χ0) is 11.8. The van der Waals surface area contributed by atoms with Crippen LogP contribution in [0.3, 0.4) is 0 Å². The molecule has 0 spiro atoms. The average Bonchev–Trinajstić information content (AvgIpc) is 2.71. The van der Waals surface area contributed by atoms with Crippen LogP contribution in [0.2, 0.25) is 0 Å². The third-order valence-corrected chi connectivity index (χ3v) is 1.81. The molecule has 0 aliphatic heterocycles. The van der Waals surface area contributed by atoms with Crippen LogP contribution in [0, 0.1) is 15.3 Å². The van der Waals surface area contributed by atoms with Gasteiger partial charge in [-0.05, 0) is 5.56 Å². The molecule has 16 heavy (non-hydrogen) atoms. The largest absolute Gasteiger partial charge is 0.356 e. The lowest BCUT2D eigenvalue weighted by Crippen LogP contribution is -2.30. The summed E-state index contributed by atoms with van der Waals surface area (Å²) in [6.45, 7) is 0.935. The molecule has 6 heteroatoms. The lowest BCUT2D eigenvalue weighted by atomic mass is 10.2. The Morgan fingerprint density at radius 1 is 1.25 bits per heavy atom. The van der Waals surface area contributed by atoms with Crippen molar-refractivity contribution < 1.29 is 9.65 Å². The summed E-state index contributed by atoms with van der Waals surface area (Å²) >= 11 is 0. The van der Waals surface area contributed by atoms with E-state index in [-0.39, 0.29) is 0 Å². The van der Waals surface area contributed by atoms with E-state index in [1.165, 1.54) is 5.56 Å². The van der Waals surface area contributed by atoms with Gasteiger partial charge in [-0.25, -0.2) is 4.57 Å². The van der Waals surface area contributed by atoms with Crippen molar-refractivity contribution in [3.63, 3.8) is 0 Å². The standard InChI is InChI=1S/C10H10N2.NO3/c1-2-4-10(5-3-1)8-12-7-6-11-9-12;2-1(3)4/h1-7,9H,8H2;/q;-1/p+1. The Hall–Kier alpha value is -2.37. The minimum absolute atomic E-state index is 0.935. The molecule has 1 N–H and O–H groups in total. The quantitative estimate of drug-likeness (QED) is 0.468. The maximum absolute atomic E-state index is 8.25. The van der Waals surface area contributed by atoms with Crippen LogP contribution in [0.5, 0.6) is 0 Å². The minimum Gasteiger partial charge on any atom is -0.356 e. The monoisotopic (exact) mass is 221 g/mol. The molecule has 2 rings (SSSR count). The van der Waals surface area contributed by atoms with Gasteiger partial charge in [-0.3, -0.25) is 4.98 Å². The Morgan fingerprint density at radius 2 is 1.88 bits per heavy atom. The number of aromatic amines is 1. The second-order valence-electron chi connectivity index (χ2n) is 2.99. The number of aromatic nitrogens is 2. The maximum Gasteiger partial charge on any atom is 0.241 e. The van der Waals surface area contributed by atoms with E-state index in [0.29, 0.717) is 0 Å². The van der Waals surface area contributed by atoms with E-state index in [9.17, 15) is 0 Å². The summed E-state index contributed by atoms with van der Waals surface area (Å²) in [6.07, 6.45) is 5.89. The molecule has 1 heterocycles.